The zero-order valence-corrected chi connectivity index (χ0v) is 13.9. The lowest BCUT2D eigenvalue weighted by Crippen LogP contribution is -2.22. The lowest BCUT2D eigenvalue weighted by molar-refractivity contribution is 0.0696. The maximum atomic E-state index is 12.4. The second kappa shape index (κ2) is 6.71. The van der Waals surface area contributed by atoms with Crippen molar-refractivity contribution in [2.24, 2.45) is 0 Å². The van der Waals surface area contributed by atoms with Gasteiger partial charge in [0.05, 0.1) is 10.5 Å². The lowest BCUT2D eigenvalue weighted by atomic mass is 10.2. The number of hydrogen-bond acceptors (Lipinski definition) is 4. The molecule has 0 saturated carbocycles. The van der Waals surface area contributed by atoms with Gasteiger partial charge in [-0.2, -0.15) is 0 Å². The average molecular weight is 348 g/mol. The van der Waals surface area contributed by atoms with Crippen LogP contribution in [0.3, 0.4) is 0 Å². The molecule has 2 aromatic rings. The molecule has 7 nitrogen and oxygen atoms in total. The van der Waals surface area contributed by atoms with E-state index in [0.717, 1.165) is 0 Å². The van der Waals surface area contributed by atoms with Crippen molar-refractivity contribution in [1.82, 2.24) is 4.90 Å². The number of nitrogens with one attached hydrogen (secondary N) is 1. The van der Waals surface area contributed by atoms with Crippen molar-refractivity contribution in [1.29, 1.82) is 0 Å². The molecule has 0 atom stereocenters. The summed E-state index contributed by atoms with van der Waals surface area (Å²) in [5.41, 5.74) is 0.327. The molecule has 126 valence electrons. The van der Waals surface area contributed by atoms with Gasteiger partial charge in [-0.1, -0.05) is 12.1 Å². The Morgan fingerprint density at radius 2 is 1.62 bits per heavy atom. The zero-order valence-electron chi connectivity index (χ0n) is 13.1. The molecule has 24 heavy (non-hydrogen) atoms. The van der Waals surface area contributed by atoms with Crippen molar-refractivity contribution in [3.05, 3.63) is 59.7 Å². The van der Waals surface area contributed by atoms with Crippen LogP contribution in [0.2, 0.25) is 0 Å². The normalized spacial score (nSPS) is 10.9. The van der Waals surface area contributed by atoms with Gasteiger partial charge in [0, 0.05) is 25.3 Å². The van der Waals surface area contributed by atoms with Crippen molar-refractivity contribution >= 4 is 27.6 Å². The number of carbonyl (C=O) groups excluding carboxylic acids is 1. The summed E-state index contributed by atoms with van der Waals surface area (Å²) in [6, 6.07) is 11.1. The third-order valence-electron chi connectivity index (χ3n) is 3.16. The number of benzene rings is 2. The molecular formula is C16H16N2O5S. The van der Waals surface area contributed by atoms with Crippen molar-refractivity contribution in [2.75, 3.05) is 18.8 Å². The maximum Gasteiger partial charge on any atom is 0.335 e. The number of carboxylic acids is 1. The molecule has 0 saturated heterocycles. The van der Waals surface area contributed by atoms with Gasteiger partial charge in [0.25, 0.3) is 15.9 Å². The smallest absolute Gasteiger partial charge is 0.335 e. The van der Waals surface area contributed by atoms with Crippen LogP contribution in [0.4, 0.5) is 5.69 Å². The van der Waals surface area contributed by atoms with E-state index in [2.05, 4.69) is 4.72 Å². The third-order valence-corrected chi connectivity index (χ3v) is 4.54. The number of carbonyl (C=O) groups is 2. The molecule has 0 fully saturated rings. The Bertz CT molecular complexity index is 891. The average Bonchev–Trinajstić information content (AvgIpc) is 2.54. The van der Waals surface area contributed by atoms with Gasteiger partial charge in [-0.15, -0.1) is 0 Å². The maximum absolute atomic E-state index is 12.4. The third kappa shape index (κ3) is 3.90. The van der Waals surface area contributed by atoms with Gasteiger partial charge in [0.15, 0.2) is 0 Å². The van der Waals surface area contributed by atoms with Crippen LogP contribution >= 0.6 is 0 Å². The zero-order chi connectivity index (χ0) is 17.9. The van der Waals surface area contributed by atoms with Gasteiger partial charge in [-0.05, 0) is 36.4 Å². The Labute approximate surface area is 139 Å². The Morgan fingerprint density at radius 3 is 2.25 bits per heavy atom. The van der Waals surface area contributed by atoms with E-state index in [1.807, 2.05) is 0 Å². The Hall–Kier alpha value is -2.87. The predicted molar refractivity (Wildman–Crippen MR) is 88.7 cm³/mol. The highest BCUT2D eigenvalue weighted by Crippen LogP contribution is 2.18. The molecule has 0 unspecified atom stereocenters. The van der Waals surface area contributed by atoms with Crippen molar-refractivity contribution in [2.45, 2.75) is 4.90 Å². The van der Waals surface area contributed by atoms with E-state index in [-0.39, 0.29) is 27.6 Å². The van der Waals surface area contributed by atoms with Crippen molar-refractivity contribution < 1.29 is 23.1 Å². The quantitative estimate of drug-likeness (QED) is 0.859. The first-order chi connectivity index (χ1) is 11.2. The SMILES string of the molecule is CN(C)C(=O)c1cccc(S(=O)(=O)Nc2cccc(C(=O)O)c2)c1. The highest BCUT2D eigenvalue weighted by Gasteiger charge is 2.17. The summed E-state index contributed by atoms with van der Waals surface area (Å²) >= 11 is 0. The van der Waals surface area contributed by atoms with E-state index < -0.39 is 16.0 Å². The highest BCUT2D eigenvalue weighted by atomic mass is 32.2. The fourth-order valence-electron chi connectivity index (χ4n) is 1.98. The topological polar surface area (TPSA) is 104 Å². The summed E-state index contributed by atoms with van der Waals surface area (Å²) in [6.45, 7) is 0. The van der Waals surface area contributed by atoms with Gasteiger partial charge in [-0.25, -0.2) is 13.2 Å². The minimum absolute atomic E-state index is 0.0354. The molecule has 0 radical (unpaired) electrons. The number of amides is 1. The molecule has 0 aliphatic carbocycles. The van der Waals surface area contributed by atoms with Gasteiger partial charge in [-0.3, -0.25) is 9.52 Å². The second-order valence-corrected chi connectivity index (χ2v) is 6.90. The molecule has 0 spiro atoms. The standard InChI is InChI=1S/C16H16N2O5S/c1-18(2)15(19)11-5-4-8-14(10-11)24(22,23)17-13-7-3-6-12(9-13)16(20)21/h3-10,17H,1-2H3,(H,20,21). The van der Waals surface area contributed by atoms with Crippen LogP contribution in [0.15, 0.2) is 53.4 Å². The Kier molecular flexibility index (Phi) is 4.89. The molecule has 2 aromatic carbocycles. The van der Waals surface area contributed by atoms with Gasteiger partial charge >= 0.3 is 5.97 Å². The lowest BCUT2D eigenvalue weighted by Gasteiger charge is -2.12. The summed E-state index contributed by atoms with van der Waals surface area (Å²) in [6.07, 6.45) is 0. The molecule has 2 rings (SSSR count). The molecule has 1 amide bonds. The van der Waals surface area contributed by atoms with Crippen LogP contribution in [0, 0.1) is 0 Å². The predicted octanol–water partition coefficient (Wildman–Crippen LogP) is 1.89. The first-order valence-corrected chi connectivity index (χ1v) is 8.37. The fraction of sp³-hybridized carbons (Fsp3) is 0.125. The van der Waals surface area contributed by atoms with Crippen LogP contribution in [0.1, 0.15) is 20.7 Å². The fourth-order valence-corrected chi connectivity index (χ4v) is 3.08. The molecule has 2 N–H and O–H groups in total. The second-order valence-electron chi connectivity index (χ2n) is 5.22. The van der Waals surface area contributed by atoms with Crippen LogP contribution in [0.5, 0.6) is 0 Å². The van der Waals surface area contributed by atoms with Gasteiger partial charge in [0.1, 0.15) is 0 Å². The van der Waals surface area contributed by atoms with Gasteiger partial charge < -0.3 is 10.0 Å². The Balaban J connectivity index is 2.34. The monoisotopic (exact) mass is 348 g/mol. The van der Waals surface area contributed by atoms with Crippen LogP contribution in [-0.2, 0) is 10.0 Å². The summed E-state index contributed by atoms with van der Waals surface area (Å²) in [5.74, 6) is -1.48. The first kappa shape index (κ1) is 17.5. The van der Waals surface area contributed by atoms with E-state index in [0.29, 0.717) is 0 Å². The molecule has 8 heteroatoms. The number of sulfonamides is 1. The molecule has 0 bridgehead atoms. The summed E-state index contributed by atoms with van der Waals surface area (Å²) in [5, 5.41) is 8.95. The number of hydrogen-bond donors (Lipinski definition) is 2. The van der Waals surface area contributed by atoms with Crippen LogP contribution in [0.25, 0.3) is 0 Å². The molecule has 0 aromatic heterocycles. The van der Waals surface area contributed by atoms with Crippen LogP contribution < -0.4 is 4.72 Å². The molecule has 0 heterocycles. The van der Waals surface area contributed by atoms with Crippen LogP contribution in [-0.4, -0.2) is 44.4 Å². The highest BCUT2D eigenvalue weighted by molar-refractivity contribution is 7.92. The van der Waals surface area contributed by atoms with Gasteiger partial charge in [0.2, 0.25) is 0 Å². The van der Waals surface area contributed by atoms with Crippen molar-refractivity contribution in [3.8, 4) is 0 Å². The number of carboxylic acid groups (broad SMARTS) is 1. The molecule has 0 aliphatic rings. The molecular weight excluding hydrogens is 332 g/mol. The van der Waals surface area contributed by atoms with E-state index in [1.54, 1.807) is 14.1 Å². The van der Waals surface area contributed by atoms with E-state index in [4.69, 9.17) is 5.11 Å². The Morgan fingerprint density at radius 1 is 1.00 bits per heavy atom. The number of anilines is 1. The first-order valence-electron chi connectivity index (χ1n) is 6.88. The van der Waals surface area contributed by atoms with Crippen molar-refractivity contribution in [3.63, 3.8) is 0 Å². The number of aromatic carboxylic acids is 1. The minimum atomic E-state index is -3.95. The number of rotatable bonds is 5. The summed E-state index contributed by atoms with van der Waals surface area (Å²) in [7, 11) is -0.814. The summed E-state index contributed by atoms with van der Waals surface area (Å²) < 4.78 is 27.2. The summed E-state index contributed by atoms with van der Waals surface area (Å²) in [4.78, 5) is 24.2. The molecule has 0 aliphatic heterocycles. The van der Waals surface area contributed by atoms with E-state index in [9.17, 15) is 18.0 Å². The minimum Gasteiger partial charge on any atom is -0.478 e. The van der Waals surface area contributed by atoms with E-state index in [1.165, 1.54) is 53.4 Å². The number of nitrogens with zero attached hydrogens (tertiary/aromatic N) is 1. The van der Waals surface area contributed by atoms with E-state index >= 15 is 0 Å². The largest absolute Gasteiger partial charge is 0.478 e.